The molecule has 0 amide bonds. The van der Waals surface area contributed by atoms with Crippen molar-refractivity contribution in [1.29, 1.82) is 0 Å². The molecule has 0 spiro atoms. The number of aromatic nitrogens is 1. The Morgan fingerprint density at radius 1 is 1.38 bits per heavy atom. The van der Waals surface area contributed by atoms with Crippen LogP contribution in [0.3, 0.4) is 0 Å². The molecule has 1 aromatic heterocycles. The van der Waals surface area contributed by atoms with E-state index in [0.29, 0.717) is 11.9 Å². The smallest absolute Gasteiger partial charge is 0.213 e. The maximum absolute atomic E-state index is 5.78. The highest BCUT2D eigenvalue weighted by Crippen LogP contribution is 2.21. The number of rotatable bonds is 2. The zero-order valence-electron chi connectivity index (χ0n) is 7.52. The van der Waals surface area contributed by atoms with Gasteiger partial charge < -0.3 is 10.5 Å². The van der Waals surface area contributed by atoms with Crippen molar-refractivity contribution in [1.82, 2.24) is 4.98 Å². The van der Waals surface area contributed by atoms with Crippen molar-refractivity contribution < 1.29 is 4.74 Å². The van der Waals surface area contributed by atoms with Gasteiger partial charge in [0.05, 0.1) is 0 Å². The van der Waals surface area contributed by atoms with Crippen molar-refractivity contribution in [2.24, 2.45) is 5.73 Å². The molecular formula is C10H14N2O. The van der Waals surface area contributed by atoms with Crippen molar-refractivity contribution in [3.8, 4) is 5.88 Å². The molecule has 3 heteroatoms. The van der Waals surface area contributed by atoms with Crippen LogP contribution in [0.25, 0.3) is 0 Å². The molecule has 3 nitrogen and oxygen atoms in total. The Hall–Kier alpha value is -1.09. The molecule has 2 rings (SSSR count). The molecule has 2 atom stereocenters. The first-order chi connectivity index (χ1) is 6.34. The van der Waals surface area contributed by atoms with Gasteiger partial charge in [-0.3, -0.25) is 0 Å². The van der Waals surface area contributed by atoms with Gasteiger partial charge in [-0.05, 0) is 25.3 Å². The Labute approximate surface area is 77.9 Å². The molecule has 0 radical (unpaired) electrons. The molecular weight excluding hydrogens is 164 g/mol. The van der Waals surface area contributed by atoms with Crippen molar-refractivity contribution in [2.45, 2.75) is 31.4 Å². The normalized spacial score (nSPS) is 27.5. The van der Waals surface area contributed by atoms with Crippen LogP contribution >= 0.6 is 0 Å². The van der Waals surface area contributed by atoms with Gasteiger partial charge in [-0.25, -0.2) is 4.98 Å². The Morgan fingerprint density at radius 2 is 2.31 bits per heavy atom. The third-order valence-electron chi connectivity index (χ3n) is 2.35. The molecule has 0 bridgehead atoms. The second kappa shape index (κ2) is 3.75. The molecule has 0 aromatic carbocycles. The van der Waals surface area contributed by atoms with E-state index in [9.17, 15) is 0 Å². The summed E-state index contributed by atoms with van der Waals surface area (Å²) in [6.45, 7) is 0. The van der Waals surface area contributed by atoms with E-state index in [1.807, 2.05) is 18.2 Å². The summed E-state index contributed by atoms with van der Waals surface area (Å²) in [6, 6.07) is 6.00. The molecule has 2 unspecified atom stereocenters. The lowest BCUT2D eigenvalue weighted by atomic mass is 10.3. The van der Waals surface area contributed by atoms with Gasteiger partial charge in [0.1, 0.15) is 6.10 Å². The summed E-state index contributed by atoms with van der Waals surface area (Å²) >= 11 is 0. The fraction of sp³-hybridized carbons (Fsp3) is 0.500. The zero-order valence-corrected chi connectivity index (χ0v) is 7.52. The van der Waals surface area contributed by atoms with E-state index in [0.717, 1.165) is 19.3 Å². The lowest BCUT2D eigenvalue weighted by Gasteiger charge is -2.11. The first-order valence-corrected chi connectivity index (χ1v) is 4.68. The van der Waals surface area contributed by atoms with Gasteiger partial charge in [0.15, 0.2) is 0 Å². The molecule has 1 heterocycles. The maximum Gasteiger partial charge on any atom is 0.213 e. The Morgan fingerprint density at radius 3 is 2.92 bits per heavy atom. The van der Waals surface area contributed by atoms with Crippen LogP contribution in [-0.2, 0) is 0 Å². The number of hydrogen-bond donors (Lipinski definition) is 1. The van der Waals surface area contributed by atoms with Crippen LogP contribution < -0.4 is 10.5 Å². The molecule has 1 saturated carbocycles. The third-order valence-corrected chi connectivity index (χ3v) is 2.35. The van der Waals surface area contributed by atoms with E-state index < -0.39 is 0 Å². The van der Waals surface area contributed by atoms with Gasteiger partial charge in [-0.15, -0.1) is 0 Å². The van der Waals surface area contributed by atoms with Gasteiger partial charge in [-0.2, -0.15) is 0 Å². The molecule has 1 aliphatic rings. The van der Waals surface area contributed by atoms with Crippen LogP contribution in [0, 0.1) is 0 Å². The number of hydrogen-bond acceptors (Lipinski definition) is 3. The molecule has 13 heavy (non-hydrogen) atoms. The first-order valence-electron chi connectivity index (χ1n) is 4.68. The minimum absolute atomic E-state index is 0.268. The van der Waals surface area contributed by atoms with Crippen LogP contribution in [0.5, 0.6) is 5.88 Å². The summed E-state index contributed by atoms with van der Waals surface area (Å²) in [7, 11) is 0. The summed E-state index contributed by atoms with van der Waals surface area (Å²) in [4.78, 5) is 4.10. The number of nitrogens with zero attached hydrogens (tertiary/aromatic N) is 1. The van der Waals surface area contributed by atoms with E-state index in [4.69, 9.17) is 10.5 Å². The number of pyridine rings is 1. The fourth-order valence-electron chi connectivity index (χ4n) is 1.67. The average molecular weight is 178 g/mol. The predicted molar refractivity (Wildman–Crippen MR) is 50.5 cm³/mol. The summed E-state index contributed by atoms with van der Waals surface area (Å²) in [6.07, 6.45) is 5.08. The molecule has 2 N–H and O–H groups in total. The van der Waals surface area contributed by atoms with Gasteiger partial charge in [0.2, 0.25) is 5.88 Å². The van der Waals surface area contributed by atoms with Gasteiger partial charge in [-0.1, -0.05) is 6.07 Å². The lowest BCUT2D eigenvalue weighted by molar-refractivity contribution is 0.200. The summed E-state index contributed by atoms with van der Waals surface area (Å²) < 4.78 is 5.65. The van der Waals surface area contributed by atoms with E-state index in [2.05, 4.69) is 4.98 Å². The maximum atomic E-state index is 5.78. The summed E-state index contributed by atoms with van der Waals surface area (Å²) in [5.41, 5.74) is 5.78. The van der Waals surface area contributed by atoms with E-state index in [1.165, 1.54) is 0 Å². The van der Waals surface area contributed by atoms with Crippen LogP contribution in [0.1, 0.15) is 19.3 Å². The van der Waals surface area contributed by atoms with Crippen LogP contribution in [0.15, 0.2) is 24.4 Å². The zero-order chi connectivity index (χ0) is 9.10. The fourth-order valence-corrected chi connectivity index (χ4v) is 1.67. The van der Waals surface area contributed by atoms with E-state index >= 15 is 0 Å². The second-order valence-corrected chi connectivity index (χ2v) is 3.48. The van der Waals surface area contributed by atoms with Gasteiger partial charge >= 0.3 is 0 Å². The lowest BCUT2D eigenvalue weighted by Crippen LogP contribution is -2.19. The van der Waals surface area contributed by atoms with Crippen LogP contribution in [0.2, 0.25) is 0 Å². The van der Waals surface area contributed by atoms with Crippen molar-refractivity contribution in [3.05, 3.63) is 24.4 Å². The molecule has 0 saturated heterocycles. The summed E-state index contributed by atoms with van der Waals surface area (Å²) in [5.74, 6) is 0.710. The highest BCUT2D eigenvalue weighted by molar-refractivity contribution is 5.10. The molecule has 1 aromatic rings. The molecule has 70 valence electrons. The minimum atomic E-state index is 0.268. The number of nitrogens with two attached hydrogens (primary N) is 1. The number of ether oxygens (including phenoxy) is 1. The van der Waals surface area contributed by atoms with Crippen LogP contribution in [0.4, 0.5) is 0 Å². The topological polar surface area (TPSA) is 48.1 Å². The van der Waals surface area contributed by atoms with E-state index in [1.54, 1.807) is 6.20 Å². The average Bonchev–Trinajstić information content (AvgIpc) is 2.53. The Balaban J connectivity index is 1.92. The largest absolute Gasteiger partial charge is 0.474 e. The molecule has 1 aliphatic carbocycles. The minimum Gasteiger partial charge on any atom is -0.474 e. The molecule has 0 aliphatic heterocycles. The second-order valence-electron chi connectivity index (χ2n) is 3.48. The first kappa shape index (κ1) is 8.51. The third kappa shape index (κ3) is 2.18. The van der Waals surface area contributed by atoms with Crippen LogP contribution in [-0.4, -0.2) is 17.1 Å². The standard InChI is InChI=1S/C10H14N2O/c11-8-4-5-9(7-8)13-10-3-1-2-6-12-10/h1-3,6,8-9H,4-5,7,11H2. The molecule has 1 fully saturated rings. The van der Waals surface area contributed by atoms with Crippen molar-refractivity contribution in [2.75, 3.05) is 0 Å². The summed E-state index contributed by atoms with van der Waals surface area (Å²) in [5, 5.41) is 0. The van der Waals surface area contributed by atoms with Gasteiger partial charge in [0.25, 0.3) is 0 Å². The van der Waals surface area contributed by atoms with Gasteiger partial charge in [0, 0.05) is 18.3 Å². The predicted octanol–water partition coefficient (Wildman–Crippen LogP) is 1.34. The van der Waals surface area contributed by atoms with E-state index in [-0.39, 0.29) is 6.10 Å². The van der Waals surface area contributed by atoms with Crippen molar-refractivity contribution in [3.63, 3.8) is 0 Å². The highest BCUT2D eigenvalue weighted by atomic mass is 16.5. The quantitative estimate of drug-likeness (QED) is 0.743. The van der Waals surface area contributed by atoms with Crippen molar-refractivity contribution >= 4 is 0 Å². The highest BCUT2D eigenvalue weighted by Gasteiger charge is 2.23. The SMILES string of the molecule is NC1CCC(Oc2ccccn2)C1. The monoisotopic (exact) mass is 178 g/mol. The Kier molecular flexibility index (Phi) is 2.45. The Bertz CT molecular complexity index is 263.